The number of likely N-dealkylation sites (tertiary alicyclic amines) is 1. The van der Waals surface area contributed by atoms with Gasteiger partial charge in [-0.2, -0.15) is 0 Å². The summed E-state index contributed by atoms with van der Waals surface area (Å²) < 4.78 is 26.8. The molecular weight excluding hydrogens is 318 g/mol. The molecule has 2 amide bonds. The van der Waals surface area contributed by atoms with Crippen molar-refractivity contribution in [1.29, 1.82) is 0 Å². The minimum Gasteiger partial charge on any atom is -0.294 e. The maximum absolute atomic E-state index is 13.4. The number of hydrogen-bond donors (Lipinski definition) is 3. The zero-order valence-corrected chi connectivity index (χ0v) is 13.5. The monoisotopic (exact) mass is 341 g/mol. The van der Waals surface area contributed by atoms with E-state index in [9.17, 15) is 18.4 Å². The van der Waals surface area contributed by atoms with Crippen molar-refractivity contribution in [3.8, 4) is 0 Å². The molecule has 1 aliphatic rings. The van der Waals surface area contributed by atoms with E-state index in [1.165, 1.54) is 6.07 Å². The third-order valence-corrected chi connectivity index (χ3v) is 4.24. The summed E-state index contributed by atoms with van der Waals surface area (Å²) in [4.78, 5) is 23.3. The molecule has 1 aromatic rings. The molecule has 24 heavy (non-hydrogen) atoms. The van der Waals surface area contributed by atoms with Crippen LogP contribution in [0.4, 0.5) is 8.78 Å². The summed E-state index contributed by atoms with van der Waals surface area (Å²) in [5.41, 5.74) is 5.56. The zero-order valence-electron chi connectivity index (χ0n) is 13.5. The van der Waals surface area contributed by atoms with Gasteiger partial charge in [0.1, 0.15) is 19.6 Å². The number of amides is 2. The first kappa shape index (κ1) is 18.3. The number of hydrazine groups is 1. The Labute approximate surface area is 139 Å². The average molecular weight is 341 g/mol. The standard InChI is InChI=1S/C16H22F2N4O2/c17-13-5-4-12(10-14(13)18)11-22(8-2-1-3-9-22)21-16(24)7-6-15(23)20-19/h4-5,10H,1-3,6-9,11,19H2,(H-,20,21,23,24)/p+1. The van der Waals surface area contributed by atoms with E-state index < -0.39 is 17.5 Å². The average Bonchev–Trinajstić information content (AvgIpc) is 2.56. The Kier molecular flexibility index (Phi) is 6.22. The molecule has 8 heteroatoms. The van der Waals surface area contributed by atoms with Crippen molar-refractivity contribution in [3.63, 3.8) is 0 Å². The van der Waals surface area contributed by atoms with Crippen molar-refractivity contribution >= 4 is 11.8 Å². The van der Waals surface area contributed by atoms with Crippen molar-refractivity contribution in [2.75, 3.05) is 13.1 Å². The Morgan fingerprint density at radius 2 is 1.71 bits per heavy atom. The molecule has 132 valence electrons. The Hall–Kier alpha value is -2.06. The third kappa shape index (κ3) is 4.97. The highest BCUT2D eigenvalue weighted by Crippen LogP contribution is 2.21. The number of nitrogens with one attached hydrogen (secondary N) is 2. The van der Waals surface area contributed by atoms with Gasteiger partial charge >= 0.3 is 0 Å². The van der Waals surface area contributed by atoms with Crippen LogP contribution in [0, 0.1) is 11.6 Å². The summed E-state index contributed by atoms with van der Waals surface area (Å²) in [6.45, 7) is 1.81. The van der Waals surface area contributed by atoms with Gasteiger partial charge < -0.3 is 0 Å². The first-order valence-electron chi connectivity index (χ1n) is 8.05. The predicted molar refractivity (Wildman–Crippen MR) is 83.6 cm³/mol. The fraction of sp³-hybridized carbons (Fsp3) is 0.500. The second-order valence-electron chi connectivity index (χ2n) is 6.16. The normalized spacial score (nSPS) is 16.5. The van der Waals surface area contributed by atoms with Crippen LogP contribution in [0.15, 0.2) is 18.2 Å². The fourth-order valence-electron chi connectivity index (χ4n) is 3.03. The molecule has 1 fully saturated rings. The molecule has 4 N–H and O–H groups in total. The highest BCUT2D eigenvalue weighted by Gasteiger charge is 2.33. The number of benzene rings is 1. The molecule has 1 saturated heterocycles. The van der Waals surface area contributed by atoms with Crippen LogP contribution in [0.2, 0.25) is 0 Å². The summed E-state index contributed by atoms with van der Waals surface area (Å²) in [7, 11) is 0. The molecule has 0 atom stereocenters. The molecule has 1 aromatic carbocycles. The molecule has 0 bridgehead atoms. The number of halogens is 2. The van der Waals surface area contributed by atoms with Gasteiger partial charge in [-0.05, 0) is 31.4 Å². The van der Waals surface area contributed by atoms with Crippen LogP contribution in [-0.2, 0) is 16.1 Å². The first-order valence-corrected chi connectivity index (χ1v) is 8.05. The van der Waals surface area contributed by atoms with Crippen molar-refractivity contribution in [2.45, 2.75) is 38.6 Å². The molecular formula is C16H23F2N4O2+. The number of carbonyl (C=O) groups is 2. The van der Waals surface area contributed by atoms with Gasteiger partial charge in [-0.1, -0.05) is 6.07 Å². The molecule has 0 spiro atoms. The Bertz CT molecular complexity index is 604. The number of rotatable bonds is 6. The maximum atomic E-state index is 13.4. The van der Waals surface area contributed by atoms with Crippen molar-refractivity contribution in [2.24, 2.45) is 5.84 Å². The molecule has 0 aliphatic carbocycles. The maximum Gasteiger partial charge on any atom is 0.265 e. The molecule has 0 unspecified atom stereocenters. The van der Waals surface area contributed by atoms with E-state index in [1.807, 2.05) is 5.43 Å². The van der Waals surface area contributed by atoms with E-state index in [4.69, 9.17) is 5.84 Å². The molecule has 0 saturated carbocycles. The molecule has 2 rings (SSSR count). The lowest BCUT2D eigenvalue weighted by atomic mass is 10.1. The van der Waals surface area contributed by atoms with E-state index in [2.05, 4.69) is 5.43 Å². The Balaban J connectivity index is 2.06. The molecule has 0 radical (unpaired) electrons. The number of quaternary nitrogens is 1. The van der Waals surface area contributed by atoms with Crippen LogP contribution in [0.3, 0.4) is 0 Å². The number of nitrogens with two attached hydrogens (primary N) is 1. The van der Waals surface area contributed by atoms with Gasteiger partial charge in [-0.25, -0.2) is 24.6 Å². The number of carbonyl (C=O) groups excluding carboxylic acids is 2. The highest BCUT2D eigenvalue weighted by molar-refractivity contribution is 5.82. The SMILES string of the molecule is NNC(=O)CCC(=O)N[N+]1(Cc2ccc(F)c(F)c2)CCCCC1. The van der Waals surface area contributed by atoms with Crippen LogP contribution in [0.5, 0.6) is 0 Å². The smallest absolute Gasteiger partial charge is 0.265 e. The minimum absolute atomic E-state index is 0.00745. The lowest BCUT2D eigenvalue weighted by molar-refractivity contribution is -0.977. The second kappa shape index (κ2) is 8.16. The van der Waals surface area contributed by atoms with Gasteiger partial charge in [-0.3, -0.25) is 15.0 Å². The van der Waals surface area contributed by atoms with Gasteiger partial charge in [0, 0.05) is 18.4 Å². The minimum atomic E-state index is -0.895. The van der Waals surface area contributed by atoms with E-state index in [-0.39, 0.29) is 23.3 Å². The van der Waals surface area contributed by atoms with Crippen LogP contribution in [0.25, 0.3) is 0 Å². The zero-order chi connectivity index (χ0) is 17.6. The van der Waals surface area contributed by atoms with Crippen molar-refractivity contribution in [3.05, 3.63) is 35.4 Å². The largest absolute Gasteiger partial charge is 0.294 e. The fourth-order valence-corrected chi connectivity index (χ4v) is 3.03. The van der Waals surface area contributed by atoms with Gasteiger partial charge in [0.05, 0.1) is 0 Å². The van der Waals surface area contributed by atoms with E-state index >= 15 is 0 Å². The van der Waals surface area contributed by atoms with Crippen molar-refractivity contribution in [1.82, 2.24) is 10.9 Å². The lowest BCUT2D eigenvalue weighted by Gasteiger charge is -2.40. The van der Waals surface area contributed by atoms with Gasteiger partial charge in [0.15, 0.2) is 11.6 Å². The molecule has 1 aliphatic heterocycles. The summed E-state index contributed by atoms with van der Waals surface area (Å²) in [6.07, 6.45) is 2.98. The lowest BCUT2D eigenvalue weighted by Crippen LogP contribution is -2.61. The van der Waals surface area contributed by atoms with E-state index in [0.717, 1.165) is 31.4 Å². The molecule has 6 nitrogen and oxygen atoms in total. The Morgan fingerprint density at radius 3 is 2.33 bits per heavy atom. The number of hydrogen-bond acceptors (Lipinski definition) is 3. The predicted octanol–water partition coefficient (Wildman–Crippen LogP) is 1.27. The Morgan fingerprint density at radius 1 is 1.04 bits per heavy atom. The number of nitrogens with zero attached hydrogens (tertiary/aromatic N) is 1. The highest BCUT2D eigenvalue weighted by atomic mass is 19.2. The topological polar surface area (TPSA) is 84.2 Å². The van der Waals surface area contributed by atoms with Crippen LogP contribution in [-0.4, -0.2) is 29.5 Å². The third-order valence-electron chi connectivity index (χ3n) is 4.24. The van der Waals surface area contributed by atoms with Crippen molar-refractivity contribution < 1.29 is 23.0 Å². The van der Waals surface area contributed by atoms with Crippen LogP contribution < -0.4 is 16.7 Å². The van der Waals surface area contributed by atoms with Crippen LogP contribution in [0.1, 0.15) is 37.7 Å². The van der Waals surface area contributed by atoms with Gasteiger partial charge in [-0.15, -0.1) is 0 Å². The molecule has 0 aromatic heterocycles. The van der Waals surface area contributed by atoms with E-state index in [1.54, 1.807) is 0 Å². The summed E-state index contributed by atoms with van der Waals surface area (Å²) in [5, 5.41) is 0. The molecule has 1 heterocycles. The van der Waals surface area contributed by atoms with Gasteiger partial charge in [0.25, 0.3) is 5.91 Å². The second-order valence-corrected chi connectivity index (χ2v) is 6.16. The van der Waals surface area contributed by atoms with E-state index in [0.29, 0.717) is 25.2 Å². The first-order chi connectivity index (χ1) is 11.4. The summed E-state index contributed by atoms with van der Waals surface area (Å²) in [5.74, 6) is 2.55. The quantitative estimate of drug-likeness (QED) is 0.315. The number of piperidine rings is 1. The summed E-state index contributed by atoms with van der Waals surface area (Å²) >= 11 is 0. The van der Waals surface area contributed by atoms with Gasteiger partial charge in [0.2, 0.25) is 5.91 Å². The summed E-state index contributed by atoms with van der Waals surface area (Å²) in [6, 6.07) is 3.79. The van der Waals surface area contributed by atoms with Crippen LogP contribution >= 0.6 is 0 Å².